The fraction of sp³-hybridized carbons (Fsp3) is 0.419. The molecule has 9 nitrogen and oxygen atoms in total. The summed E-state index contributed by atoms with van der Waals surface area (Å²) in [7, 11) is 1.26. The van der Waals surface area contributed by atoms with E-state index in [0.717, 1.165) is 54.6 Å². The van der Waals surface area contributed by atoms with Gasteiger partial charge in [-0.3, -0.25) is 14.4 Å². The fourth-order valence-electron chi connectivity index (χ4n) is 5.97. The number of fused-ring (bicyclic) bond motifs is 1. The molecule has 0 unspecified atom stereocenters. The second-order valence-electron chi connectivity index (χ2n) is 10.8. The summed E-state index contributed by atoms with van der Waals surface area (Å²) < 4.78 is 18.9. The number of nitrogens with zero attached hydrogens (tertiary/aromatic N) is 2. The zero-order valence-corrected chi connectivity index (χ0v) is 23.1. The standard InChI is InChI=1S/C31H35FN4O5/c1-41-31(40)26(17-22-18-33-25-13-6-5-12-24(22)25)34-28(37)27-19-35(29(38)21-10-7-11-23(32)16-21)14-15-36(27)30(39)20-8-3-2-4-9-20/h5-7,10-13,16,18,20,26-27,33H,2-4,8-9,14-15,17,19H2,1H3,(H,34,37)/t26-,27-/m1/s1. The third-order valence-electron chi connectivity index (χ3n) is 8.18. The maximum atomic E-state index is 13.9. The third kappa shape index (κ3) is 6.26. The maximum absolute atomic E-state index is 13.9. The van der Waals surface area contributed by atoms with Gasteiger partial charge in [-0.05, 0) is 42.7 Å². The van der Waals surface area contributed by atoms with E-state index >= 15 is 0 Å². The molecular formula is C31H35FN4O5. The number of H-pyrrole nitrogens is 1. The second-order valence-corrected chi connectivity index (χ2v) is 10.8. The van der Waals surface area contributed by atoms with Crippen LogP contribution in [0, 0.1) is 11.7 Å². The number of hydrogen-bond acceptors (Lipinski definition) is 5. The second kappa shape index (κ2) is 12.5. The van der Waals surface area contributed by atoms with E-state index in [4.69, 9.17) is 4.74 Å². The first-order valence-corrected chi connectivity index (χ1v) is 14.1. The van der Waals surface area contributed by atoms with Gasteiger partial charge in [-0.1, -0.05) is 43.5 Å². The number of hydrogen-bond donors (Lipinski definition) is 2. The topological polar surface area (TPSA) is 112 Å². The highest BCUT2D eigenvalue weighted by atomic mass is 19.1. The minimum atomic E-state index is -1.01. The molecule has 2 N–H and O–H groups in total. The summed E-state index contributed by atoms with van der Waals surface area (Å²) in [6, 6.07) is 11.0. The Balaban J connectivity index is 1.39. The zero-order valence-electron chi connectivity index (χ0n) is 23.1. The van der Waals surface area contributed by atoms with Crippen LogP contribution in [0.5, 0.6) is 0 Å². The quantitative estimate of drug-likeness (QED) is 0.429. The summed E-state index contributed by atoms with van der Waals surface area (Å²) in [4.78, 5) is 59.8. The molecule has 0 spiro atoms. The lowest BCUT2D eigenvalue weighted by Gasteiger charge is -2.42. The van der Waals surface area contributed by atoms with Gasteiger partial charge >= 0.3 is 5.97 Å². The van der Waals surface area contributed by atoms with E-state index in [2.05, 4.69) is 10.3 Å². The largest absolute Gasteiger partial charge is 0.467 e. The molecule has 2 aliphatic rings. The van der Waals surface area contributed by atoms with E-state index < -0.39 is 35.7 Å². The lowest BCUT2D eigenvalue weighted by atomic mass is 9.87. The third-order valence-corrected chi connectivity index (χ3v) is 8.18. The van der Waals surface area contributed by atoms with Gasteiger partial charge in [-0.25, -0.2) is 9.18 Å². The summed E-state index contributed by atoms with van der Waals surface area (Å²) in [6.07, 6.45) is 6.50. The molecule has 0 bridgehead atoms. The molecule has 2 atom stereocenters. The Morgan fingerprint density at radius 1 is 1.05 bits per heavy atom. The minimum Gasteiger partial charge on any atom is -0.467 e. The van der Waals surface area contributed by atoms with Gasteiger partial charge in [-0.2, -0.15) is 0 Å². The first-order chi connectivity index (χ1) is 19.9. The number of esters is 1. The summed E-state index contributed by atoms with van der Waals surface area (Å²) in [5, 5.41) is 3.74. The number of nitrogens with one attached hydrogen (secondary N) is 2. The lowest BCUT2D eigenvalue weighted by Crippen LogP contribution is -2.63. The number of piperazine rings is 1. The van der Waals surface area contributed by atoms with Crippen molar-refractivity contribution < 1.29 is 28.3 Å². The van der Waals surface area contributed by atoms with Crippen LogP contribution in [0.1, 0.15) is 48.0 Å². The normalized spacial score (nSPS) is 18.6. The number of rotatable bonds is 7. The monoisotopic (exact) mass is 562 g/mol. The number of carbonyl (C=O) groups is 4. The van der Waals surface area contributed by atoms with Crippen LogP contribution in [0.25, 0.3) is 10.9 Å². The van der Waals surface area contributed by atoms with Crippen LogP contribution < -0.4 is 5.32 Å². The number of aromatic nitrogens is 1. The van der Waals surface area contributed by atoms with E-state index in [1.165, 1.54) is 30.2 Å². The highest BCUT2D eigenvalue weighted by molar-refractivity contribution is 5.96. The molecule has 41 heavy (non-hydrogen) atoms. The van der Waals surface area contributed by atoms with Crippen molar-refractivity contribution in [2.24, 2.45) is 5.92 Å². The van der Waals surface area contributed by atoms with E-state index in [-0.39, 0.29) is 43.4 Å². The summed E-state index contributed by atoms with van der Waals surface area (Å²) in [5.74, 6) is -2.38. The van der Waals surface area contributed by atoms with Gasteiger partial charge in [0.15, 0.2) is 0 Å². The van der Waals surface area contributed by atoms with Crippen molar-refractivity contribution in [2.45, 2.75) is 50.6 Å². The molecule has 10 heteroatoms. The average Bonchev–Trinajstić information content (AvgIpc) is 3.42. The van der Waals surface area contributed by atoms with Gasteiger partial charge < -0.3 is 24.8 Å². The van der Waals surface area contributed by atoms with Crippen LogP contribution in [0.4, 0.5) is 4.39 Å². The number of methoxy groups -OCH3 is 1. The number of halogens is 1. The van der Waals surface area contributed by atoms with Gasteiger partial charge in [-0.15, -0.1) is 0 Å². The van der Waals surface area contributed by atoms with E-state index in [1.807, 2.05) is 24.3 Å². The minimum absolute atomic E-state index is 0.0688. The van der Waals surface area contributed by atoms with Crippen LogP contribution in [-0.4, -0.2) is 77.3 Å². The highest BCUT2D eigenvalue weighted by Gasteiger charge is 2.41. The van der Waals surface area contributed by atoms with Gasteiger partial charge in [0.2, 0.25) is 11.8 Å². The molecule has 1 aliphatic heterocycles. The predicted octanol–water partition coefficient (Wildman–Crippen LogP) is 3.44. The van der Waals surface area contributed by atoms with Crippen LogP contribution in [0.2, 0.25) is 0 Å². The summed E-state index contributed by atoms with van der Waals surface area (Å²) in [6.45, 7) is 0.313. The van der Waals surface area contributed by atoms with Crippen LogP contribution in [-0.2, 0) is 25.5 Å². The number of ether oxygens (including phenoxy) is 1. The van der Waals surface area contributed by atoms with Crippen molar-refractivity contribution in [3.05, 3.63) is 71.7 Å². The van der Waals surface area contributed by atoms with Crippen molar-refractivity contribution in [3.63, 3.8) is 0 Å². The number of benzene rings is 2. The molecule has 2 aromatic carbocycles. The van der Waals surface area contributed by atoms with Gasteiger partial charge in [0.05, 0.1) is 13.7 Å². The summed E-state index contributed by atoms with van der Waals surface area (Å²) >= 11 is 0. The molecule has 1 saturated heterocycles. The zero-order chi connectivity index (χ0) is 28.9. The summed E-state index contributed by atoms with van der Waals surface area (Å²) in [5.41, 5.74) is 1.90. The number of amides is 3. The van der Waals surface area contributed by atoms with E-state index in [9.17, 15) is 23.6 Å². The van der Waals surface area contributed by atoms with Crippen LogP contribution >= 0.6 is 0 Å². The van der Waals surface area contributed by atoms with E-state index in [0.29, 0.717) is 0 Å². The molecule has 1 aromatic heterocycles. The Kier molecular flexibility index (Phi) is 8.66. The fourth-order valence-corrected chi connectivity index (χ4v) is 5.97. The van der Waals surface area contributed by atoms with E-state index in [1.54, 1.807) is 11.1 Å². The van der Waals surface area contributed by atoms with Crippen molar-refractivity contribution in [3.8, 4) is 0 Å². The Morgan fingerprint density at radius 2 is 1.83 bits per heavy atom. The van der Waals surface area contributed by atoms with Crippen LogP contribution in [0.15, 0.2) is 54.7 Å². The molecule has 2 fully saturated rings. The molecule has 216 valence electrons. The molecule has 3 aromatic rings. The molecule has 1 saturated carbocycles. The molecule has 5 rings (SSSR count). The first-order valence-electron chi connectivity index (χ1n) is 14.1. The lowest BCUT2D eigenvalue weighted by molar-refractivity contribution is -0.150. The molecular weight excluding hydrogens is 527 g/mol. The van der Waals surface area contributed by atoms with Crippen molar-refractivity contribution in [2.75, 3.05) is 26.7 Å². The SMILES string of the molecule is COC(=O)[C@@H](Cc1c[nH]c2ccccc12)NC(=O)[C@H]1CN(C(=O)c2cccc(F)c2)CCN1C(=O)C1CCCCC1. The number of para-hydroxylation sites is 1. The van der Waals surface area contributed by atoms with Crippen molar-refractivity contribution >= 4 is 34.6 Å². The molecule has 3 amide bonds. The Morgan fingerprint density at radius 3 is 2.59 bits per heavy atom. The molecule has 2 heterocycles. The van der Waals surface area contributed by atoms with Gasteiger partial charge in [0.1, 0.15) is 17.9 Å². The Bertz CT molecular complexity index is 1430. The van der Waals surface area contributed by atoms with Crippen molar-refractivity contribution in [1.82, 2.24) is 20.1 Å². The average molecular weight is 563 g/mol. The van der Waals surface area contributed by atoms with Gasteiger partial charge in [0.25, 0.3) is 5.91 Å². The van der Waals surface area contributed by atoms with Crippen LogP contribution in [0.3, 0.4) is 0 Å². The number of aromatic amines is 1. The van der Waals surface area contributed by atoms with Crippen molar-refractivity contribution in [1.29, 1.82) is 0 Å². The predicted molar refractivity (Wildman–Crippen MR) is 150 cm³/mol. The highest BCUT2D eigenvalue weighted by Crippen LogP contribution is 2.28. The Labute approximate surface area is 238 Å². The smallest absolute Gasteiger partial charge is 0.328 e. The van der Waals surface area contributed by atoms with Gasteiger partial charge in [0, 0.05) is 48.1 Å². The number of carbonyl (C=O) groups excluding carboxylic acids is 4. The maximum Gasteiger partial charge on any atom is 0.328 e. The Hall–Kier alpha value is -4.21. The molecule has 0 radical (unpaired) electrons. The first kappa shape index (κ1) is 28.3. The molecule has 1 aliphatic carbocycles.